The highest BCUT2D eigenvalue weighted by Gasteiger charge is 1.97. The van der Waals surface area contributed by atoms with Gasteiger partial charge in [-0.25, -0.2) is 0 Å². The number of hydrogen-bond acceptors (Lipinski definition) is 3. The summed E-state index contributed by atoms with van der Waals surface area (Å²) in [7, 11) is 0. The average molecular weight is 250 g/mol. The van der Waals surface area contributed by atoms with Crippen LogP contribution in [0.2, 0.25) is 0 Å². The summed E-state index contributed by atoms with van der Waals surface area (Å²) >= 11 is 0. The van der Waals surface area contributed by atoms with Crippen molar-refractivity contribution in [1.29, 1.82) is 5.26 Å². The quantitative estimate of drug-likeness (QED) is 0.776. The van der Waals surface area contributed by atoms with Gasteiger partial charge in [-0.3, -0.25) is 4.99 Å². The van der Waals surface area contributed by atoms with Gasteiger partial charge < -0.3 is 4.74 Å². The van der Waals surface area contributed by atoms with Crippen molar-refractivity contribution in [3.8, 4) is 11.8 Å². The van der Waals surface area contributed by atoms with Gasteiger partial charge in [0.15, 0.2) is 0 Å². The van der Waals surface area contributed by atoms with E-state index in [-0.39, 0.29) is 0 Å². The molecule has 3 nitrogen and oxygen atoms in total. The Morgan fingerprint density at radius 1 is 1.16 bits per heavy atom. The Hall–Kier alpha value is -2.60. The van der Waals surface area contributed by atoms with Crippen LogP contribution >= 0.6 is 0 Å². The maximum Gasteiger partial charge on any atom is 0.119 e. The summed E-state index contributed by atoms with van der Waals surface area (Å²) in [5.41, 5.74) is 2.22. The highest BCUT2D eigenvalue weighted by molar-refractivity contribution is 5.82. The minimum Gasteiger partial charge on any atom is -0.494 e. The van der Waals surface area contributed by atoms with Gasteiger partial charge in [0.1, 0.15) is 11.8 Å². The van der Waals surface area contributed by atoms with Gasteiger partial charge in [0, 0.05) is 6.21 Å². The Bertz CT molecular complexity index is 609. The van der Waals surface area contributed by atoms with Gasteiger partial charge in [0.2, 0.25) is 0 Å². The number of nitriles is 1. The molecule has 0 unspecified atom stereocenters. The lowest BCUT2D eigenvalue weighted by atomic mass is 10.2. The smallest absolute Gasteiger partial charge is 0.119 e. The van der Waals surface area contributed by atoms with Crippen LogP contribution in [0.15, 0.2) is 53.5 Å². The minimum atomic E-state index is 0.574. The Balaban J connectivity index is 2.16. The zero-order valence-electron chi connectivity index (χ0n) is 10.7. The Morgan fingerprint density at radius 2 is 1.89 bits per heavy atom. The van der Waals surface area contributed by atoms with Crippen LogP contribution in [0, 0.1) is 11.3 Å². The van der Waals surface area contributed by atoms with Gasteiger partial charge in [-0.1, -0.05) is 12.1 Å². The van der Waals surface area contributed by atoms with Gasteiger partial charge in [0.25, 0.3) is 0 Å². The van der Waals surface area contributed by atoms with E-state index in [1.54, 1.807) is 12.3 Å². The molecule has 19 heavy (non-hydrogen) atoms. The lowest BCUT2D eigenvalue weighted by molar-refractivity contribution is 0.340. The largest absolute Gasteiger partial charge is 0.494 e. The third-order valence-electron chi connectivity index (χ3n) is 2.57. The number of hydrogen-bond donors (Lipinski definition) is 0. The summed E-state index contributed by atoms with van der Waals surface area (Å²) in [6, 6.07) is 17.1. The first kappa shape index (κ1) is 12.8. The molecule has 2 rings (SSSR count). The Morgan fingerprint density at radius 3 is 2.58 bits per heavy atom. The number of para-hydroxylation sites is 1. The molecule has 0 atom stereocenters. The van der Waals surface area contributed by atoms with Crippen molar-refractivity contribution in [2.75, 3.05) is 6.61 Å². The SMILES string of the molecule is CCOc1ccc(/C=N/c2ccccc2C#N)cc1. The van der Waals surface area contributed by atoms with Crippen LogP contribution in [0.25, 0.3) is 0 Å². The molecule has 0 bridgehead atoms. The van der Waals surface area contributed by atoms with E-state index in [1.807, 2.05) is 49.4 Å². The highest BCUT2D eigenvalue weighted by Crippen LogP contribution is 2.17. The van der Waals surface area contributed by atoms with E-state index in [0.717, 1.165) is 11.3 Å². The second-order valence-corrected chi connectivity index (χ2v) is 3.89. The van der Waals surface area contributed by atoms with Crippen molar-refractivity contribution in [1.82, 2.24) is 0 Å². The fraction of sp³-hybridized carbons (Fsp3) is 0.125. The van der Waals surface area contributed by atoms with Crippen LogP contribution in [0.5, 0.6) is 5.75 Å². The molecule has 0 fully saturated rings. The summed E-state index contributed by atoms with van der Waals surface area (Å²) < 4.78 is 5.37. The molecule has 0 heterocycles. The van der Waals surface area contributed by atoms with Crippen molar-refractivity contribution in [3.05, 3.63) is 59.7 Å². The fourth-order valence-electron chi connectivity index (χ4n) is 1.64. The fourth-order valence-corrected chi connectivity index (χ4v) is 1.64. The van der Waals surface area contributed by atoms with E-state index in [0.29, 0.717) is 17.9 Å². The molecule has 0 saturated carbocycles. The van der Waals surface area contributed by atoms with Gasteiger partial charge in [-0.15, -0.1) is 0 Å². The maximum absolute atomic E-state index is 8.97. The van der Waals surface area contributed by atoms with Gasteiger partial charge in [-0.2, -0.15) is 5.26 Å². The molecule has 0 N–H and O–H groups in total. The van der Waals surface area contributed by atoms with Crippen LogP contribution in [0.4, 0.5) is 5.69 Å². The van der Waals surface area contributed by atoms with Crippen molar-refractivity contribution in [2.45, 2.75) is 6.92 Å². The predicted octanol–water partition coefficient (Wildman–Crippen LogP) is 3.71. The third kappa shape index (κ3) is 3.43. The molecule has 0 amide bonds. The van der Waals surface area contributed by atoms with E-state index in [4.69, 9.17) is 10.00 Å². The minimum absolute atomic E-state index is 0.574. The highest BCUT2D eigenvalue weighted by atomic mass is 16.5. The van der Waals surface area contributed by atoms with E-state index in [9.17, 15) is 0 Å². The van der Waals surface area contributed by atoms with Gasteiger partial charge >= 0.3 is 0 Å². The van der Waals surface area contributed by atoms with E-state index in [1.165, 1.54) is 0 Å². The number of ether oxygens (including phenoxy) is 1. The average Bonchev–Trinajstić information content (AvgIpc) is 2.47. The van der Waals surface area contributed by atoms with E-state index in [2.05, 4.69) is 11.1 Å². The zero-order valence-corrected chi connectivity index (χ0v) is 10.7. The molecule has 0 radical (unpaired) electrons. The summed E-state index contributed by atoms with van der Waals surface area (Å²) in [5.74, 6) is 0.845. The topological polar surface area (TPSA) is 45.4 Å². The summed E-state index contributed by atoms with van der Waals surface area (Å²) in [5, 5.41) is 8.97. The first-order chi connectivity index (χ1) is 9.33. The number of nitrogens with zero attached hydrogens (tertiary/aromatic N) is 2. The molecule has 0 aromatic heterocycles. The van der Waals surface area contributed by atoms with Gasteiger partial charge in [0.05, 0.1) is 17.9 Å². The van der Waals surface area contributed by atoms with Crippen LogP contribution in [0.1, 0.15) is 18.1 Å². The molecule has 2 aromatic carbocycles. The molecule has 0 aliphatic heterocycles. The predicted molar refractivity (Wildman–Crippen MR) is 76.0 cm³/mol. The van der Waals surface area contributed by atoms with E-state index >= 15 is 0 Å². The second-order valence-electron chi connectivity index (χ2n) is 3.89. The third-order valence-corrected chi connectivity index (χ3v) is 2.57. The normalized spacial score (nSPS) is 10.3. The Labute approximate surface area is 112 Å². The molecule has 0 aliphatic rings. The molecule has 2 aromatic rings. The standard InChI is InChI=1S/C16H14N2O/c1-2-19-15-9-7-13(8-10-15)12-18-16-6-4-3-5-14(16)11-17/h3-10,12H,2H2,1H3/b18-12+. The van der Waals surface area contributed by atoms with Crippen LogP contribution < -0.4 is 4.74 Å². The number of rotatable bonds is 4. The second kappa shape index (κ2) is 6.36. The van der Waals surface area contributed by atoms with Crippen LogP contribution in [-0.2, 0) is 0 Å². The first-order valence-electron chi connectivity index (χ1n) is 6.09. The molecule has 94 valence electrons. The summed E-state index contributed by atoms with van der Waals surface area (Å²) in [6.45, 7) is 2.61. The number of benzene rings is 2. The van der Waals surface area contributed by atoms with Gasteiger partial charge in [-0.05, 0) is 48.9 Å². The molecular formula is C16H14N2O. The van der Waals surface area contributed by atoms with Crippen molar-refractivity contribution in [2.24, 2.45) is 4.99 Å². The maximum atomic E-state index is 8.97. The summed E-state index contributed by atoms with van der Waals surface area (Å²) in [4.78, 5) is 4.33. The summed E-state index contributed by atoms with van der Waals surface area (Å²) in [6.07, 6.45) is 1.74. The van der Waals surface area contributed by atoms with E-state index < -0.39 is 0 Å². The Kier molecular flexibility index (Phi) is 4.30. The van der Waals surface area contributed by atoms with Crippen molar-refractivity contribution in [3.63, 3.8) is 0 Å². The lowest BCUT2D eigenvalue weighted by Crippen LogP contribution is -1.91. The molecule has 0 spiro atoms. The van der Waals surface area contributed by atoms with Crippen molar-refractivity contribution >= 4 is 11.9 Å². The number of aliphatic imine (C=N–C) groups is 1. The first-order valence-corrected chi connectivity index (χ1v) is 6.09. The molecule has 0 saturated heterocycles. The lowest BCUT2D eigenvalue weighted by Gasteiger charge is -2.02. The molecule has 3 heteroatoms. The zero-order chi connectivity index (χ0) is 13.5. The van der Waals surface area contributed by atoms with Crippen LogP contribution in [-0.4, -0.2) is 12.8 Å². The van der Waals surface area contributed by atoms with Crippen LogP contribution in [0.3, 0.4) is 0 Å². The molecular weight excluding hydrogens is 236 g/mol. The van der Waals surface area contributed by atoms with Crippen molar-refractivity contribution < 1.29 is 4.74 Å². The molecule has 0 aliphatic carbocycles. The monoisotopic (exact) mass is 250 g/mol.